The number of thioether (sulfide) groups is 1. The summed E-state index contributed by atoms with van der Waals surface area (Å²) in [5.41, 5.74) is 2.54. The summed E-state index contributed by atoms with van der Waals surface area (Å²) in [5, 5.41) is 3.43. The number of aryl methyl sites for hydroxylation is 1. The predicted octanol–water partition coefficient (Wildman–Crippen LogP) is 2.52. The van der Waals surface area contributed by atoms with Crippen molar-refractivity contribution in [2.75, 3.05) is 36.8 Å². The van der Waals surface area contributed by atoms with E-state index in [2.05, 4.69) is 40.5 Å². The van der Waals surface area contributed by atoms with Crippen LogP contribution in [-0.4, -0.2) is 41.9 Å². The molecular formula is C18H22N4S. The number of hydrogen-bond donors (Lipinski definition) is 1. The average molecular weight is 326 g/mol. The first-order chi connectivity index (χ1) is 11.4. The minimum Gasteiger partial charge on any atom is -0.353 e. The third-order valence-electron chi connectivity index (χ3n) is 4.39. The fraction of sp³-hybridized carbons (Fsp3) is 0.444. The first-order valence-corrected chi connectivity index (χ1v) is 9.41. The Bertz CT molecular complexity index is 668. The van der Waals surface area contributed by atoms with Gasteiger partial charge < -0.3 is 10.2 Å². The molecule has 0 aliphatic carbocycles. The van der Waals surface area contributed by atoms with E-state index in [1.54, 1.807) is 0 Å². The van der Waals surface area contributed by atoms with Crippen LogP contribution in [0, 0.1) is 0 Å². The van der Waals surface area contributed by atoms with Gasteiger partial charge in [-0.25, -0.2) is 9.97 Å². The van der Waals surface area contributed by atoms with Gasteiger partial charge in [0.2, 0.25) is 0 Å². The van der Waals surface area contributed by atoms with Crippen LogP contribution in [0.25, 0.3) is 0 Å². The summed E-state index contributed by atoms with van der Waals surface area (Å²) in [6, 6.07) is 10.5. The van der Waals surface area contributed by atoms with Crippen LogP contribution >= 0.6 is 11.8 Å². The van der Waals surface area contributed by atoms with Crippen LogP contribution in [-0.2, 0) is 12.8 Å². The van der Waals surface area contributed by atoms with Gasteiger partial charge in [0.25, 0.3) is 0 Å². The molecule has 0 spiro atoms. The van der Waals surface area contributed by atoms with Crippen LogP contribution in [0.2, 0.25) is 0 Å². The van der Waals surface area contributed by atoms with Crippen LogP contribution in [0.5, 0.6) is 0 Å². The van der Waals surface area contributed by atoms with Gasteiger partial charge >= 0.3 is 0 Å². The lowest BCUT2D eigenvalue weighted by Gasteiger charge is -2.31. The minimum absolute atomic E-state index is 0.817. The number of hydrogen-bond acceptors (Lipinski definition) is 5. The van der Waals surface area contributed by atoms with Crippen molar-refractivity contribution in [2.24, 2.45) is 0 Å². The molecule has 0 amide bonds. The molecule has 1 saturated heterocycles. The molecule has 23 heavy (non-hydrogen) atoms. The number of piperazine rings is 1. The Morgan fingerprint density at radius 2 is 1.91 bits per heavy atom. The summed E-state index contributed by atoms with van der Waals surface area (Å²) in [7, 11) is 0. The summed E-state index contributed by atoms with van der Waals surface area (Å²) < 4.78 is 0. The van der Waals surface area contributed by atoms with Crippen molar-refractivity contribution in [3.8, 4) is 0 Å². The van der Waals surface area contributed by atoms with Crippen LogP contribution in [0.4, 0.5) is 5.82 Å². The monoisotopic (exact) mass is 326 g/mol. The normalized spacial score (nSPS) is 17.8. The van der Waals surface area contributed by atoms with Gasteiger partial charge in [-0.1, -0.05) is 30.3 Å². The zero-order valence-corrected chi connectivity index (χ0v) is 14.1. The second-order valence-electron chi connectivity index (χ2n) is 6.09. The van der Waals surface area contributed by atoms with E-state index in [1.165, 1.54) is 34.1 Å². The molecule has 4 rings (SSSR count). The summed E-state index contributed by atoms with van der Waals surface area (Å²) in [4.78, 5) is 13.6. The first kappa shape index (κ1) is 15.0. The number of fused-ring (bicyclic) bond motifs is 1. The van der Waals surface area contributed by atoms with Gasteiger partial charge in [0.15, 0.2) is 0 Å². The molecule has 0 atom stereocenters. The van der Waals surface area contributed by atoms with Gasteiger partial charge in [0, 0.05) is 32.6 Å². The highest BCUT2D eigenvalue weighted by Gasteiger charge is 2.23. The highest BCUT2D eigenvalue weighted by Crippen LogP contribution is 2.36. The fourth-order valence-corrected chi connectivity index (χ4v) is 4.32. The Balaban J connectivity index is 1.69. The summed E-state index contributed by atoms with van der Waals surface area (Å²) >= 11 is 1.94. The molecule has 0 saturated carbocycles. The standard InChI is InChI=1S/C18H22N4S/c1-2-5-14(6-3-1)13-16-20-15-7-4-12-23-17(15)18(21-16)22-10-8-19-9-11-22/h1-3,5-6,19H,4,7-13H2. The molecule has 1 aromatic heterocycles. The van der Waals surface area contributed by atoms with E-state index < -0.39 is 0 Å². The van der Waals surface area contributed by atoms with E-state index in [9.17, 15) is 0 Å². The van der Waals surface area contributed by atoms with Crippen molar-refractivity contribution in [2.45, 2.75) is 24.2 Å². The third kappa shape index (κ3) is 3.35. The summed E-state index contributed by atoms with van der Waals surface area (Å²) in [5.74, 6) is 3.33. The Labute approximate surface area is 141 Å². The molecule has 3 heterocycles. The molecule has 2 aliphatic rings. The maximum atomic E-state index is 4.97. The predicted molar refractivity (Wildman–Crippen MR) is 95.4 cm³/mol. The maximum Gasteiger partial charge on any atom is 0.146 e. The van der Waals surface area contributed by atoms with Gasteiger partial charge in [-0.15, -0.1) is 11.8 Å². The number of anilines is 1. The van der Waals surface area contributed by atoms with Gasteiger partial charge in [0.05, 0.1) is 10.6 Å². The smallest absolute Gasteiger partial charge is 0.146 e. The summed E-state index contributed by atoms with van der Waals surface area (Å²) in [6.07, 6.45) is 3.13. The van der Waals surface area contributed by atoms with E-state index in [4.69, 9.17) is 9.97 Å². The molecule has 120 valence electrons. The van der Waals surface area contributed by atoms with E-state index in [0.717, 1.165) is 44.8 Å². The lowest BCUT2D eigenvalue weighted by molar-refractivity contribution is 0.578. The van der Waals surface area contributed by atoms with Crippen molar-refractivity contribution in [3.63, 3.8) is 0 Å². The first-order valence-electron chi connectivity index (χ1n) is 8.42. The number of aromatic nitrogens is 2. The van der Waals surface area contributed by atoms with Crippen molar-refractivity contribution < 1.29 is 0 Å². The molecule has 2 aromatic rings. The zero-order chi connectivity index (χ0) is 15.5. The highest BCUT2D eigenvalue weighted by molar-refractivity contribution is 7.99. The number of benzene rings is 1. The highest BCUT2D eigenvalue weighted by atomic mass is 32.2. The Morgan fingerprint density at radius 3 is 2.74 bits per heavy atom. The Morgan fingerprint density at radius 1 is 1.09 bits per heavy atom. The molecule has 5 heteroatoms. The van der Waals surface area contributed by atoms with Crippen LogP contribution in [0.1, 0.15) is 23.5 Å². The molecule has 2 aliphatic heterocycles. The quantitative estimate of drug-likeness (QED) is 0.939. The van der Waals surface area contributed by atoms with E-state index >= 15 is 0 Å². The number of nitrogens with zero attached hydrogens (tertiary/aromatic N) is 3. The number of nitrogens with one attached hydrogen (secondary N) is 1. The molecule has 0 radical (unpaired) electrons. The molecular weight excluding hydrogens is 304 g/mol. The zero-order valence-electron chi connectivity index (χ0n) is 13.3. The van der Waals surface area contributed by atoms with Gasteiger partial charge in [0.1, 0.15) is 11.6 Å². The van der Waals surface area contributed by atoms with E-state index in [1.807, 2.05) is 11.8 Å². The SMILES string of the molecule is c1ccc(Cc2nc3c(c(N4CCNCC4)n2)SCCC3)cc1. The summed E-state index contributed by atoms with van der Waals surface area (Å²) in [6.45, 7) is 4.15. The molecule has 0 unspecified atom stereocenters. The van der Waals surface area contributed by atoms with Crippen molar-refractivity contribution in [1.29, 1.82) is 0 Å². The number of rotatable bonds is 3. The molecule has 1 fully saturated rings. The second kappa shape index (κ2) is 6.89. The molecule has 1 N–H and O–H groups in total. The Kier molecular flexibility index (Phi) is 4.48. The topological polar surface area (TPSA) is 41.1 Å². The van der Waals surface area contributed by atoms with Crippen LogP contribution in [0.3, 0.4) is 0 Å². The lowest BCUT2D eigenvalue weighted by atomic mass is 10.1. The molecule has 4 nitrogen and oxygen atoms in total. The second-order valence-corrected chi connectivity index (χ2v) is 7.20. The maximum absolute atomic E-state index is 4.97. The van der Waals surface area contributed by atoms with Crippen molar-refractivity contribution in [3.05, 3.63) is 47.4 Å². The van der Waals surface area contributed by atoms with Gasteiger partial charge in [-0.2, -0.15) is 0 Å². The van der Waals surface area contributed by atoms with Crippen LogP contribution < -0.4 is 10.2 Å². The Hall–Kier alpha value is -1.59. The van der Waals surface area contributed by atoms with Crippen molar-refractivity contribution in [1.82, 2.24) is 15.3 Å². The largest absolute Gasteiger partial charge is 0.353 e. The minimum atomic E-state index is 0.817. The lowest BCUT2D eigenvalue weighted by Crippen LogP contribution is -2.44. The van der Waals surface area contributed by atoms with Gasteiger partial charge in [-0.3, -0.25) is 0 Å². The third-order valence-corrected chi connectivity index (χ3v) is 5.59. The van der Waals surface area contributed by atoms with Gasteiger partial charge in [-0.05, 0) is 24.2 Å². The molecule has 0 bridgehead atoms. The fourth-order valence-electron chi connectivity index (χ4n) is 3.21. The van der Waals surface area contributed by atoms with Crippen LogP contribution in [0.15, 0.2) is 35.2 Å². The van der Waals surface area contributed by atoms with Crippen molar-refractivity contribution >= 4 is 17.6 Å². The average Bonchev–Trinajstić information content (AvgIpc) is 2.63. The molecule has 1 aromatic carbocycles. The van der Waals surface area contributed by atoms with E-state index in [-0.39, 0.29) is 0 Å². The van der Waals surface area contributed by atoms with E-state index in [0.29, 0.717) is 0 Å².